The summed E-state index contributed by atoms with van der Waals surface area (Å²) in [6, 6.07) is 0. The molecule has 8 atom stereocenters. The van der Waals surface area contributed by atoms with Gasteiger partial charge in [-0.1, -0.05) is 26.8 Å². The van der Waals surface area contributed by atoms with Crippen LogP contribution in [-0.4, -0.2) is 101 Å². The van der Waals surface area contributed by atoms with Crippen LogP contribution in [-0.2, 0) is 33.3 Å². The van der Waals surface area contributed by atoms with Gasteiger partial charge in [-0.3, -0.25) is 19.3 Å². The molecule has 2 aliphatic carbocycles. The molecule has 2 saturated heterocycles. The summed E-state index contributed by atoms with van der Waals surface area (Å²) in [4.78, 5) is 41.5. The fraction of sp³-hybridized carbons (Fsp3) is 0.821. The van der Waals surface area contributed by atoms with Crippen molar-refractivity contribution in [2.24, 2.45) is 16.7 Å². The molecule has 0 aromatic heterocycles. The van der Waals surface area contributed by atoms with Crippen molar-refractivity contribution in [1.29, 1.82) is 0 Å². The zero-order chi connectivity index (χ0) is 28.3. The van der Waals surface area contributed by atoms with E-state index in [1.807, 2.05) is 18.7 Å². The number of aliphatic hydroxyl groups is 2. The van der Waals surface area contributed by atoms with Crippen molar-refractivity contribution in [3.8, 4) is 0 Å². The van der Waals surface area contributed by atoms with Gasteiger partial charge in [0.15, 0.2) is 17.5 Å². The minimum absolute atomic E-state index is 0. The zero-order valence-corrected chi connectivity index (χ0v) is 24.7. The molecule has 0 aromatic rings. The van der Waals surface area contributed by atoms with E-state index in [0.717, 1.165) is 0 Å². The van der Waals surface area contributed by atoms with E-state index in [1.165, 1.54) is 19.9 Å². The molecule has 4 rings (SSSR count). The van der Waals surface area contributed by atoms with Crippen molar-refractivity contribution in [1.82, 2.24) is 4.90 Å². The summed E-state index contributed by atoms with van der Waals surface area (Å²) in [5, 5.41) is 24.6. The van der Waals surface area contributed by atoms with Gasteiger partial charge in [0.2, 0.25) is 0 Å². The number of halogens is 1. The summed E-state index contributed by atoms with van der Waals surface area (Å²) < 4.78 is 23.5. The van der Waals surface area contributed by atoms with Gasteiger partial charge in [0.25, 0.3) is 0 Å². The van der Waals surface area contributed by atoms with Crippen LogP contribution in [0.4, 0.5) is 0 Å². The van der Waals surface area contributed by atoms with Gasteiger partial charge in [0.1, 0.15) is 11.7 Å². The van der Waals surface area contributed by atoms with E-state index in [4.69, 9.17) is 18.9 Å². The fourth-order valence-electron chi connectivity index (χ4n) is 7.96. The molecular weight excluding hydrogens is 530 g/mol. The minimum atomic E-state index is -2.26. The van der Waals surface area contributed by atoms with Gasteiger partial charge in [0.05, 0.1) is 31.5 Å². The standard InChI is InChI=1S/C28H43NO9.ClH/c1-8-25(5)15-18(31)28(34)26(6)19(37-20(32)16-29-11-13-35-14-12-29)9-10-24(3,4)22(26)21(33)23(36-17(2)30)27(28,7)38-25;/h8,19,21-23,33-34H,1,9-16H2,2-7H3;1H/t19-,21-,22-,23-,25-,26-,27+,28-;/m0./s1. The first-order valence-corrected chi connectivity index (χ1v) is 13.5. The molecule has 39 heavy (non-hydrogen) atoms. The molecule has 4 aliphatic rings. The number of morpholine rings is 1. The molecule has 0 spiro atoms. The summed E-state index contributed by atoms with van der Waals surface area (Å²) >= 11 is 0. The van der Waals surface area contributed by atoms with E-state index in [-0.39, 0.29) is 25.4 Å². The highest BCUT2D eigenvalue weighted by molar-refractivity contribution is 5.92. The number of ketones is 1. The lowest BCUT2D eigenvalue weighted by atomic mass is 9.39. The topological polar surface area (TPSA) is 132 Å². The molecule has 0 amide bonds. The first-order valence-electron chi connectivity index (χ1n) is 13.5. The molecule has 0 radical (unpaired) electrons. The number of hydrogen-bond donors (Lipinski definition) is 2. The number of ether oxygens (including phenoxy) is 4. The highest BCUT2D eigenvalue weighted by Gasteiger charge is 2.82. The maximum Gasteiger partial charge on any atom is 0.320 e. The monoisotopic (exact) mass is 573 g/mol. The van der Waals surface area contributed by atoms with Gasteiger partial charge < -0.3 is 29.2 Å². The molecule has 0 bridgehead atoms. The summed E-state index contributed by atoms with van der Waals surface area (Å²) in [6.07, 6.45) is -1.33. The minimum Gasteiger partial charge on any atom is -0.461 e. The fourth-order valence-corrected chi connectivity index (χ4v) is 7.96. The molecule has 222 valence electrons. The second-order valence-corrected chi connectivity index (χ2v) is 12.7. The summed E-state index contributed by atoms with van der Waals surface area (Å²) in [6.45, 7) is 16.1. The second kappa shape index (κ2) is 10.7. The number of carbonyl (C=O) groups is 3. The van der Waals surface area contributed by atoms with Crippen molar-refractivity contribution in [3.05, 3.63) is 12.7 Å². The van der Waals surface area contributed by atoms with E-state index in [2.05, 4.69) is 6.58 Å². The van der Waals surface area contributed by atoms with Gasteiger partial charge in [-0.15, -0.1) is 19.0 Å². The zero-order valence-electron chi connectivity index (χ0n) is 23.9. The average molecular weight is 574 g/mol. The molecule has 0 unspecified atom stereocenters. The van der Waals surface area contributed by atoms with Crippen LogP contribution >= 0.6 is 12.4 Å². The molecule has 10 nitrogen and oxygen atoms in total. The Labute approximate surface area is 236 Å². The van der Waals surface area contributed by atoms with Crippen LogP contribution in [0.5, 0.6) is 0 Å². The third-order valence-electron chi connectivity index (χ3n) is 9.72. The number of fused-ring (bicyclic) bond motifs is 3. The van der Waals surface area contributed by atoms with E-state index < -0.39 is 69.6 Å². The Morgan fingerprint density at radius 1 is 1.15 bits per heavy atom. The highest BCUT2D eigenvalue weighted by atomic mass is 35.5. The van der Waals surface area contributed by atoms with E-state index >= 15 is 0 Å². The van der Waals surface area contributed by atoms with E-state index in [0.29, 0.717) is 39.1 Å². The molecule has 11 heteroatoms. The Morgan fingerprint density at radius 3 is 2.33 bits per heavy atom. The number of hydrogen-bond acceptors (Lipinski definition) is 10. The molecule has 2 heterocycles. The van der Waals surface area contributed by atoms with Gasteiger partial charge >= 0.3 is 11.9 Å². The third-order valence-corrected chi connectivity index (χ3v) is 9.72. The smallest absolute Gasteiger partial charge is 0.320 e. The van der Waals surface area contributed by atoms with Gasteiger partial charge in [-0.25, -0.2) is 0 Å². The quantitative estimate of drug-likeness (QED) is 0.371. The number of Topliss-reactive ketones (excluding diaryl/α,β-unsaturated/α-hetero) is 1. The normalized spacial score (nSPS) is 43.7. The average Bonchev–Trinajstić information content (AvgIpc) is 2.82. The molecule has 2 saturated carbocycles. The highest BCUT2D eigenvalue weighted by Crippen LogP contribution is 2.67. The van der Waals surface area contributed by atoms with Crippen LogP contribution in [0.3, 0.4) is 0 Å². The van der Waals surface area contributed by atoms with Crippen LogP contribution in [0.25, 0.3) is 0 Å². The maximum atomic E-state index is 14.1. The van der Waals surface area contributed by atoms with Crippen molar-refractivity contribution in [3.63, 3.8) is 0 Å². The summed E-state index contributed by atoms with van der Waals surface area (Å²) in [5.41, 5.74) is -7.35. The third kappa shape index (κ3) is 4.85. The summed E-state index contributed by atoms with van der Waals surface area (Å²) in [5.74, 6) is -2.45. The van der Waals surface area contributed by atoms with Crippen molar-refractivity contribution >= 4 is 30.1 Å². The lowest BCUT2D eigenvalue weighted by Gasteiger charge is -2.71. The van der Waals surface area contributed by atoms with E-state index in [9.17, 15) is 24.6 Å². The van der Waals surface area contributed by atoms with E-state index in [1.54, 1.807) is 13.8 Å². The number of aliphatic hydroxyl groups excluding tert-OH is 1. The van der Waals surface area contributed by atoms with Crippen molar-refractivity contribution in [2.45, 2.75) is 95.9 Å². The SMILES string of the molecule is C=C[C@@]1(C)CC(=O)[C@]2(O)[C@@]3(C)[C@@H](OC(=O)CN4CCOCC4)CCC(C)(C)[C@@H]3[C@H](O)[C@H](OC(C)=O)[C@@]2(C)O1.Cl. The van der Waals surface area contributed by atoms with Crippen LogP contribution in [0.15, 0.2) is 12.7 Å². The predicted molar refractivity (Wildman–Crippen MR) is 143 cm³/mol. The number of carbonyl (C=O) groups excluding carboxylic acids is 3. The van der Waals surface area contributed by atoms with Crippen LogP contribution in [0.1, 0.15) is 60.8 Å². The molecule has 4 fully saturated rings. The lowest BCUT2D eigenvalue weighted by Crippen LogP contribution is -2.87. The first kappa shape index (κ1) is 32.0. The number of esters is 2. The largest absolute Gasteiger partial charge is 0.461 e. The first-order chi connectivity index (χ1) is 17.6. The van der Waals surface area contributed by atoms with Crippen LogP contribution in [0.2, 0.25) is 0 Å². The maximum absolute atomic E-state index is 14.1. The van der Waals surface area contributed by atoms with Crippen LogP contribution in [0, 0.1) is 16.7 Å². The number of nitrogens with zero attached hydrogens (tertiary/aromatic N) is 1. The van der Waals surface area contributed by atoms with Crippen LogP contribution < -0.4 is 0 Å². The number of rotatable bonds is 5. The molecular formula is C28H44ClNO9. The molecule has 2 aliphatic heterocycles. The Morgan fingerprint density at radius 2 is 1.77 bits per heavy atom. The van der Waals surface area contributed by atoms with Crippen molar-refractivity contribution < 1.29 is 43.5 Å². The lowest BCUT2D eigenvalue weighted by molar-refractivity contribution is -0.370. The van der Waals surface area contributed by atoms with Crippen molar-refractivity contribution in [2.75, 3.05) is 32.8 Å². The Hall–Kier alpha value is -1.56. The van der Waals surface area contributed by atoms with Gasteiger partial charge in [0, 0.05) is 37.8 Å². The Kier molecular flexibility index (Phi) is 8.76. The predicted octanol–water partition coefficient (Wildman–Crippen LogP) is 1.82. The second-order valence-electron chi connectivity index (χ2n) is 12.7. The molecule has 2 N–H and O–H groups in total. The Bertz CT molecular complexity index is 1000. The Balaban J connectivity index is 0.00000420. The van der Waals surface area contributed by atoms with Gasteiger partial charge in [-0.05, 0) is 32.1 Å². The molecule has 0 aromatic carbocycles. The van der Waals surface area contributed by atoms with Gasteiger partial charge in [-0.2, -0.15) is 0 Å². The summed E-state index contributed by atoms with van der Waals surface area (Å²) in [7, 11) is 0.